The Hall–Kier alpha value is -2.83. The Balaban J connectivity index is 1.71. The monoisotopic (exact) mass is 402 g/mol. The first-order chi connectivity index (χ1) is 13.0. The van der Waals surface area contributed by atoms with Crippen LogP contribution in [-0.4, -0.2) is 21.6 Å². The number of carbonyl (C=O) groups is 2. The minimum absolute atomic E-state index is 0.189. The molecule has 2 N–H and O–H groups in total. The zero-order valence-corrected chi connectivity index (χ0v) is 15.8. The van der Waals surface area contributed by atoms with E-state index < -0.39 is 11.9 Å². The van der Waals surface area contributed by atoms with Crippen molar-refractivity contribution in [3.8, 4) is 0 Å². The molecule has 1 aromatic heterocycles. The third-order valence-electron chi connectivity index (χ3n) is 3.89. The molecule has 3 rings (SSSR count). The normalized spacial score (nSPS) is 11.7. The van der Waals surface area contributed by atoms with E-state index in [1.807, 2.05) is 0 Å². The second kappa shape index (κ2) is 8.24. The Morgan fingerprint density at radius 2 is 1.74 bits per heavy atom. The predicted octanol–water partition coefficient (Wildman–Crippen LogP) is 4.64. The van der Waals surface area contributed by atoms with Crippen LogP contribution in [0.3, 0.4) is 0 Å². The molecule has 0 radical (unpaired) electrons. The van der Waals surface area contributed by atoms with E-state index in [1.54, 1.807) is 72.5 Å². The number of amides is 2. The molecule has 138 valence electrons. The van der Waals surface area contributed by atoms with Crippen LogP contribution in [0.2, 0.25) is 10.0 Å². The van der Waals surface area contributed by atoms with Crippen molar-refractivity contribution < 1.29 is 9.59 Å². The zero-order chi connectivity index (χ0) is 19.4. The van der Waals surface area contributed by atoms with Gasteiger partial charge in [0.15, 0.2) is 0 Å². The van der Waals surface area contributed by atoms with Gasteiger partial charge in [0.05, 0.1) is 15.6 Å². The number of aromatic nitrogens is 2. The van der Waals surface area contributed by atoms with Gasteiger partial charge in [-0.3, -0.25) is 14.3 Å². The Labute approximate surface area is 166 Å². The Morgan fingerprint density at radius 1 is 1.04 bits per heavy atom. The average Bonchev–Trinajstić information content (AvgIpc) is 3.18. The van der Waals surface area contributed by atoms with Crippen molar-refractivity contribution in [2.45, 2.75) is 13.0 Å². The van der Waals surface area contributed by atoms with Crippen LogP contribution in [0.25, 0.3) is 0 Å². The first-order valence-corrected chi connectivity index (χ1v) is 8.86. The summed E-state index contributed by atoms with van der Waals surface area (Å²) in [5.41, 5.74) is 1.33. The van der Waals surface area contributed by atoms with E-state index in [0.29, 0.717) is 16.4 Å². The SMILES string of the molecule is CC(C(=O)Nc1cccc(NC(=O)c2cccc(Cl)c2Cl)c1)n1cccn1. The van der Waals surface area contributed by atoms with Crippen molar-refractivity contribution in [1.82, 2.24) is 9.78 Å². The van der Waals surface area contributed by atoms with Crippen LogP contribution in [0, 0.1) is 0 Å². The highest BCUT2D eigenvalue weighted by Crippen LogP contribution is 2.26. The van der Waals surface area contributed by atoms with Crippen LogP contribution < -0.4 is 10.6 Å². The number of hydrogen-bond donors (Lipinski definition) is 2. The number of hydrogen-bond acceptors (Lipinski definition) is 3. The van der Waals surface area contributed by atoms with Crippen molar-refractivity contribution >= 4 is 46.4 Å². The summed E-state index contributed by atoms with van der Waals surface area (Å²) in [5, 5.41) is 10.1. The number of anilines is 2. The second-order valence-electron chi connectivity index (χ2n) is 5.79. The van der Waals surface area contributed by atoms with Gasteiger partial charge >= 0.3 is 0 Å². The second-order valence-corrected chi connectivity index (χ2v) is 6.57. The predicted molar refractivity (Wildman–Crippen MR) is 106 cm³/mol. The summed E-state index contributed by atoms with van der Waals surface area (Å²) in [4.78, 5) is 24.8. The van der Waals surface area contributed by atoms with Gasteiger partial charge in [0.2, 0.25) is 5.91 Å². The first kappa shape index (κ1) is 18.9. The molecule has 0 aliphatic carbocycles. The highest BCUT2D eigenvalue weighted by molar-refractivity contribution is 6.44. The lowest BCUT2D eigenvalue weighted by Gasteiger charge is -2.14. The summed E-state index contributed by atoms with van der Waals surface area (Å²) in [6.07, 6.45) is 3.33. The van der Waals surface area contributed by atoms with Crippen molar-refractivity contribution in [1.29, 1.82) is 0 Å². The average molecular weight is 403 g/mol. The maximum atomic E-state index is 12.4. The van der Waals surface area contributed by atoms with Gasteiger partial charge in [0, 0.05) is 23.8 Å². The van der Waals surface area contributed by atoms with E-state index in [-0.39, 0.29) is 16.5 Å². The van der Waals surface area contributed by atoms with Crippen LogP contribution in [0.4, 0.5) is 11.4 Å². The fourth-order valence-corrected chi connectivity index (χ4v) is 2.82. The first-order valence-electron chi connectivity index (χ1n) is 8.11. The summed E-state index contributed by atoms with van der Waals surface area (Å²) in [5.74, 6) is -0.615. The van der Waals surface area contributed by atoms with Gasteiger partial charge in [-0.2, -0.15) is 5.10 Å². The van der Waals surface area contributed by atoms with Gasteiger partial charge in [-0.25, -0.2) is 0 Å². The molecule has 2 aromatic carbocycles. The summed E-state index contributed by atoms with van der Waals surface area (Å²) in [6.45, 7) is 1.75. The molecule has 0 saturated heterocycles. The molecular weight excluding hydrogens is 387 g/mol. The van der Waals surface area contributed by atoms with Crippen LogP contribution in [0.15, 0.2) is 60.9 Å². The van der Waals surface area contributed by atoms with E-state index in [0.717, 1.165) is 0 Å². The van der Waals surface area contributed by atoms with Crippen LogP contribution >= 0.6 is 23.2 Å². The Morgan fingerprint density at radius 3 is 2.44 bits per heavy atom. The quantitative estimate of drug-likeness (QED) is 0.652. The number of halogens is 2. The number of nitrogens with zero attached hydrogens (tertiary/aromatic N) is 2. The van der Waals surface area contributed by atoms with Crippen LogP contribution in [0.1, 0.15) is 23.3 Å². The molecule has 1 atom stereocenters. The Kier molecular flexibility index (Phi) is 5.78. The maximum absolute atomic E-state index is 12.4. The summed E-state index contributed by atoms with van der Waals surface area (Å²) in [7, 11) is 0. The molecular formula is C19H16Cl2N4O2. The molecule has 1 unspecified atom stereocenters. The minimum atomic E-state index is -0.469. The summed E-state index contributed by atoms with van der Waals surface area (Å²) in [6, 6.07) is 12.9. The number of carbonyl (C=O) groups excluding carboxylic acids is 2. The molecule has 8 heteroatoms. The number of benzene rings is 2. The van der Waals surface area contributed by atoms with E-state index in [1.165, 1.54) is 0 Å². The van der Waals surface area contributed by atoms with Gasteiger partial charge < -0.3 is 10.6 Å². The van der Waals surface area contributed by atoms with E-state index >= 15 is 0 Å². The molecule has 0 saturated carbocycles. The molecule has 2 amide bonds. The molecule has 0 fully saturated rings. The van der Waals surface area contributed by atoms with Crippen molar-refractivity contribution in [3.63, 3.8) is 0 Å². The lowest BCUT2D eigenvalue weighted by atomic mass is 10.2. The lowest BCUT2D eigenvalue weighted by molar-refractivity contribution is -0.119. The largest absolute Gasteiger partial charge is 0.324 e. The Bertz CT molecular complexity index is 974. The van der Waals surface area contributed by atoms with Crippen molar-refractivity contribution in [2.24, 2.45) is 0 Å². The molecule has 0 bridgehead atoms. The van der Waals surface area contributed by atoms with Crippen LogP contribution in [-0.2, 0) is 4.79 Å². The fourth-order valence-electron chi connectivity index (χ4n) is 2.43. The number of rotatable bonds is 5. The van der Waals surface area contributed by atoms with E-state index in [9.17, 15) is 9.59 Å². The smallest absolute Gasteiger partial charge is 0.257 e. The minimum Gasteiger partial charge on any atom is -0.324 e. The number of nitrogens with one attached hydrogen (secondary N) is 2. The molecule has 3 aromatic rings. The molecule has 0 aliphatic heterocycles. The van der Waals surface area contributed by atoms with Gasteiger partial charge in [-0.1, -0.05) is 35.3 Å². The highest BCUT2D eigenvalue weighted by atomic mass is 35.5. The van der Waals surface area contributed by atoms with Gasteiger partial charge in [0.1, 0.15) is 6.04 Å². The summed E-state index contributed by atoms with van der Waals surface area (Å²) < 4.78 is 1.56. The third-order valence-corrected chi connectivity index (χ3v) is 4.70. The third kappa shape index (κ3) is 4.48. The van der Waals surface area contributed by atoms with Gasteiger partial charge in [-0.15, -0.1) is 0 Å². The van der Waals surface area contributed by atoms with E-state index in [2.05, 4.69) is 15.7 Å². The zero-order valence-electron chi connectivity index (χ0n) is 14.3. The molecule has 6 nitrogen and oxygen atoms in total. The van der Waals surface area contributed by atoms with Crippen LogP contribution in [0.5, 0.6) is 0 Å². The maximum Gasteiger partial charge on any atom is 0.257 e. The molecule has 0 aliphatic rings. The van der Waals surface area contributed by atoms with Crippen molar-refractivity contribution in [3.05, 3.63) is 76.5 Å². The van der Waals surface area contributed by atoms with E-state index in [4.69, 9.17) is 23.2 Å². The van der Waals surface area contributed by atoms with Gasteiger partial charge in [-0.05, 0) is 43.3 Å². The standard InChI is InChI=1S/C19H16Cl2N4O2/c1-12(25-10-4-9-22-25)18(26)23-13-5-2-6-14(11-13)24-19(27)15-7-3-8-16(20)17(15)21/h2-12H,1H3,(H,23,26)(H,24,27). The molecule has 0 spiro atoms. The lowest BCUT2D eigenvalue weighted by Crippen LogP contribution is -2.24. The van der Waals surface area contributed by atoms with Crippen molar-refractivity contribution in [2.75, 3.05) is 10.6 Å². The summed E-state index contributed by atoms with van der Waals surface area (Å²) >= 11 is 12.0. The topological polar surface area (TPSA) is 76.0 Å². The highest BCUT2D eigenvalue weighted by Gasteiger charge is 2.16. The molecule has 1 heterocycles. The fraction of sp³-hybridized carbons (Fsp3) is 0.105. The van der Waals surface area contributed by atoms with Gasteiger partial charge in [0.25, 0.3) is 5.91 Å². The molecule has 27 heavy (non-hydrogen) atoms.